The maximum Gasteiger partial charge on any atom is 0.303 e. The van der Waals surface area contributed by atoms with Gasteiger partial charge in [0.25, 0.3) is 0 Å². The molecule has 0 atom stereocenters. The normalized spacial score (nSPS) is 10.2. The highest BCUT2D eigenvalue weighted by Crippen LogP contribution is 2.40. The molecule has 2 N–H and O–H groups in total. The number of ether oxygens (including phenoxy) is 3. The van der Waals surface area contributed by atoms with Crippen LogP contribution in [0.25, 0.3) is 0 Å². The van der Waals surface area contributed by atoms with Crippen molar-refractivity contribution >= 4 is 17.6 Å². The average molecular weight is 387 g/mol. The summed E-state index contributed by atoms with van der Waals surface area (Å²) in [6, 6.07) is 10.8. The Kier molecular flexibility index (Phi) is 7.68. The Balaban J connectivity index is 2.01. The first-order valence-electron chi connectivity index (χ1n) is 8.87. The van der Waals surface area contributed by atoms with E-state index in [1.807, 2.05) is 12.1 Å². The second-order valence-corrected chi connectivity index (χ2v) is 6.14. The Morgan fingerprint density at radius 1 is 0.929 bits per heavy atom. The molecular weight excluding hydrogens is 362 g/mol. The van der Waals surface area contributed by atoms with Gasteiger partial charge >= 0.3 is 5.97 Å². The molecule has 0 saturated heterocycles. The number of carboxylic acid groups (broad SMARTS) is 1. The molecule has 1 amide bonds. The second-order valence-electron chi connectivity index (χ2n) is 6.14. The number of rotatable bonds is 10. The lowest BCUT2D eigenvalue weighted by atomic mass is 10.1. The molecule has 7 nitrogen and oxygen atoms in total. The summed E-state index contributed by atoms with van der Waals surface area (Å²) in [6.07, 6.45) is 1.19. The molecule has 0 unspecified atom stereocenters. The first kappa shape index (κ1) is 21.1. The highest BCUT2D eigenvalue weighted by atomic mass is 16.5. The number of methoxy groups -OCH3 is 3. The number of carboxylic acids is 1. The summed E-state index contributed by atoms with van der Waals surface area (Å²) >= 11 is 0. The molecule has 0 aliphatic heterocycles. The summed E-state index contributed by atoms with van der Waals surface area (Å²) in [5.74, 6) is 0.607. The molecule has 2 aromatic rings. The third-order valence-electron chi connectivity index (χ3n) is 4.25. The maximum absolute atomic E-state index is 12.3. The van der Waals surface area contributed by atoms with Gasteiger partial charge in [-0.15, -0.1) is 0 Å². The van der Waals surface area contributed by atoms with Crippen LogP contribution in [0, 0.1) is 0 Å². The minimum absolute atomic E-state index is 0.0521. The van der Waals surface area contributed by atoms with E-state index in [4.69, 9.17) is 19.3 Å². The van der Waals surface area contributed by atoms with Crippen molar-refractivity contribution in [3.63, 3.8) is 0 Å². The van der Waals surface area contributed by atoms with Crippen molar-refractivity contribution in [1.29, 1.82) is 0 Å². The van der Waals surface area contributed by atoms with Gasteiger partial charge < -0.3 is 24.6 Å². The quantitative estimate of drug-likeness (QED) is 0.650. The van der Waals surface area contributed by atoms with Crippen LogP contribution in [0.2, 0.25) is 0 Å². The van der Waals surface area contributed by atoms with E-state index in [-0.39, 0.29) is 18.7 Å². The van der Waals surface area contributed by atoms with Crippen molar-refractivity contribution in [2.45, 2.75) is 25.7 Å². The second kappa shape index (κ2) is 10.2. The van der Waals surface area contributed by atoms with E-state index < -0.39 is 5.97 Å². The number of amides is 1. The van der Waals surface area contributed by atoms with Crippen LogP contribution in [0.5, 0.6) is 17.2 Å². The maximum atomic E-state index is 12.3. The van der Waals surface area contributed by atoms with Crippen LogP contribution in [0.3, 0.4) is 0 Å². The monoisotopic (exact) mass is 387 g/mol. The predicted octanol–water partition coefficient (Wildman–Crippen LogP) is 3.30. The lowest BCUT2D eigenvalue weighted by Crippen LogP contribution is -2.13. The molecule has 0 fully saturated rings. The van der Waals surface area contributed by atoms with Crippen molar-refractivity contribution in [3.8, 4) is 17.2 Å². The standard InChI is InChI=1S/C21H25NO6/c1-26-17-10-8-15(20(27-2)21(17)28-3)9-11-18(23)22-16-6-4-5-14(13-16)7-12-19(24)25/h4-6,8,10,13H,7,9,11-12H2,1-3H3,(H,22,23)(H,24,25). The summed E-state index contributed by atoms with van der Waals surface area (Å²) < 4.78 is 16.1. The number of benzene rings is 2. The molecule has 0 aliphatic rings. The molecule has 2 aromatic carbocycles. The largest absolute Gasteiger partial charge is 0.493 e. The number of hydrogen-bond donors (Lipinski definition) is 2. The van der Waals surface area contributed by atoms with Crippen LogP contribution < -0.4 is 19.5 Å². The van der Waals surface area contributed by atoms with Gasteiger partial charge in [0, 0.05) is 18.5 Å². The van der Waals surface area contributed by atoms with Crippen LogP contribution >= 0.6 is 0 Å². The van der Waals surface area contributed by atoms with Gasteiger partial charge in [-0.2, -0.15) is 0 Å². The van der Waals surface area contributed by atoms with E-state index in [0.29, 0.717) is 35.8 Å². The molecule has 0 saturated carbocycles. The van der Waals surface area contributed by atoms with Gasteiger partial charge in [0.2, 0.25) is 11.7 Å². The molecular formula is C21H25NO6. The Hall–Kier alpha value is -3.22. The van der Waals surface area contributed by atoms with E-state index in [0.717, 1.165) is 11.1 Å². The molecule has 28 heavy (non-hydrogen) atoms. The van der Waals surface area contributed by atoms with Gasteiger partial charge in [-0.05, 0) is 42.2 Å². The fourth-order valence-corrected chi connectivity index (χ4v) is 2.89. The first-order valence-corrected chi connectivity index (χ1v) is 8.87. The number of nitrogens with one attached hydrogen (secondary N) is 1. The minimum atomic E-state index is -0.849. The smallest absolute Gasteiger partial charge is 0.303 e. The third kappa shape index (κ3) is 5.64. The molecule has 0 heterocycles. The molecule has 0 radical (unpaired) electrons. The van der Waals surface area contributed by atoms with Gasteiger partial charge in [-0.3, -0.25) is 9.59 Å². The zero-order chi connectivity index (χ0) is 20.5. The van der Waals surface area contributed by atoms with E-state index in [1.165, 1.54) is 7.11 Å². The van der Waals surface area contributed by atoms with E-state index in [2.05, 4.69) is 5.32 Å². The molecule has 2 rings (SSSR count). The molecule has 0 spiro atoms. The number of carbonyl (C=O) groups is 2. The van der Waals surface area contributed by atoms with Gasteiger partial charge in [-0.1, -0.05) is 18.2 Å². The molecule has 7 heteroatoms. The van der Waals surface area contributed by atoms with Gasteiger partial charge in [0.05, 0.1) is 21.3 Å². The Morgan fingerprint density at radius 3 is 2.32 bits per heavy atom. The summed E-state index contributed by atoms with van der Waals surface area (Å²) in [4.78, 5) is 23.0. The lowest BCUT2D eigenvalue weighted by molar-refractivity contribution is -0.137. The minimum Gasteiger partial charge on any atom is -0.493 e. The number of hydrogen-bond acceptors (Lipinski definition) is 5. The van der Waals surface area contributed by atoms with Crippen LogP contribution in [-0.4, -0.2) is 38.3 Å². The predicted molar refractivity (Wildman–Crippen MR) is 105 cm³/mol. The summed E-state index contributed by atoms with van der Waals surface area (Å²) in [5.41, 5.74) is 2.35. The number of aliphatic carboxylic acids is 1. The Bertz CT molecular complexity index is 834. The van der Waals surface area contributed by atoms with Crippen LogP contribution in [0.15, 0.2) is 36.4 Å². The van der Waals surface area contributed by atoms with E-state index in [9.17, 15) is 9.59 Å². The van der Waals surface area contributed by atoms with Crippen molar-refractivity contribution in [2.75, 3.05) is 26.6 Å². The zero-order valence-corrected chi connectivity index (χ0v) is 16.3. The van der Waals surface area contributed by atoms with Crippen LogP contribution in [0.1, 0.15) is 24.0 Å². The topological polar surface area (TPSA) is 94.1 Å². The summed E-state index contributed by atoms with van der Waals surface area (Å²) in [7, 11) is 4.63. The van der Waals surface area contributed by atoms with Gasteiger partial charge in [0.1, 0.15) is 0 Å². The lowest BCUT2D eigenvalue weighted by Gasteiger charge is -2.15. The molecule has 0 bridgehead atoms. The first-order chi connectivity index (χ1) is 13.5. The molecule has 0 aliphatic carbocycles. The highest BCUT2D eigenvalue weighted by Gasteiger charge is 2.16. The number of aryl methyl sites for hydroxylation is 2. The number of carbonyl (C=O) groups excluding carboxylic acids is 1. The van der Waals surface area contributed by atoms with E-state index >= 15 is 0 Å². The number of anilines is 1. The van der Waals surface area contributed by atoms with Crippen LogP contribution in [0.4, 0.5) is 5.69 Å². The third-order valence-corrected chi connectivity index (χ3v) is 4.25. The fraction of sp³-hybridized carbons (Fsp3) is 0.333. The summed E-state index contributed by atoms with van der Waals surface area (Å²) in [5, 5.41) is 11.6. The zero-order valence-electron chi connectivity index (χ0n) is 16.3. The van der Waals surface area contributed by atoms with Crippen molar-refractivity contribution in [2.24, 2.45) is 0 Å². The van der Waals surface area contributed by atoms with Gasteiger partial charge in [0.15, 0.2) is 11.5 Å². The SMILES string of the molecule is COc1ccc(CCC(=O)Nc2cccc(CCC(=O)O)c2)c(OC)c1OC. The fourth-order valence-electron chi connectivity index (χ4n) is 2.89. The van der Waals surface area contributed by atoms with Crippen molar-refractivity contribution < 1.29 is 28.9 Å². The van der Waals surface area contributed by atoms with Crippen molar-refractivity contribution in [1.82, 2.24) is 0 Å². The Morgan fingerprint density at radius 2 is 1.68 bits per heavy atom. The van der Waals surface area contributed by atoms with Crippen molar-refractivity contribution in [3.05, 3.63) is 47.5 Å². The Labute approximate surface area is 164 Å². The van der Waals surface area contributed by atoms with Crippen LogP contribution in [-0.2, 0) is 22.4 Å². The molecule has 150 valence electrons. The highest BCUT2D eigenvalue weighted by molar-refractivity contribution is 5.91. The summed E-state index contributed by atoms with van der Waals surface area (Å²) in [6.45, 7) is 0. The average Bonchev–Trinajstić information content (AvgIpc) is 2.70. The van der Waals surface area contributed by atoms with Gasteiger partial charge in [-0.25, -0.2) is 0 Å². The molecule has 0 aromatic heterocycles. The van der Waals surface area contributed by atoms with E-state index in [1.54, 1.807) is 38.5 Å².